The molecule has 2 fully saturated rings. The average molecular weight is 324 g/mol. The van der Waals surface area contributed by atoms with E-state index in [0.29, 0.717) is 12.5 Å². The van der Waals surface area contributed by atoms with Crippen LogP contribution in [0.5, 0.6) is 0 Å². The second-order valence-corrected chi connectivity index (χ2v) is 7.40. The van der Waals surface area contributed by atoms with Crippen molar-refractivity contribution >= 4 is 17.4 Å². The minimum atomic E-state index is -0.000651. The smallest absolute Gasteiger partial charge is 0.318 e. The summed E-state index contributed by atoms with van der Waals surface area (Å²) in [4.78, 5) is 14.4. The SMILES string of the molecule is CC(C)c1nnc(CNC(=O)N2CCC[C@H]2[C@@H]2CCCO2)s1. The van der Waals surface area contributed by atoms with Crippen molar-refractivity contribution < 1.29 is 9.53 Å². The fourth-order valence-corrected chi connectivity index (χ4v) is 3.95. The van der Waals surface area contributed by atoms with Crippen molar-refractivity contribution in [2.75, 3.05) is 13.2 Å². The van der Waals surface area contributed by atoms with Gasteiger partial charge in [0.1, 0.15) is 10.0 Å². The molecule has 2 aliphatic heterocycles. The van der Waals surface area contributed by atoms with Crippen LogP contribution >= 0.6 is 11.3 Å². The van der Waals surface area contributed by atoms with Gasteiger partial charge >= 0.3 is 6.03 Å². The Kier molecular flexibility index (Phi) is 4.93. The number of carbonyl (C=O) groups is 1. The molecule has 0 bridgehead atoms. The number of nitrogens with zero attached hydrogens (tertiary/aromatic N) is 3. The number of ether oxygens (including phenoxy) is 1. The fraction of sp³-hybridized carbons (Fsp3) is 0.800. The summed E-state index contributed by atoms with van der Waals surface area (Å²) in [6, 6.07) is 0.238. The third-order valence-corrected chi connectivity index (χ3v) is 5.55. The van der Waals surface area contributed by atoms with Gasteiger partial charge in [-0.3, -0.25) is 0 Å². The Bertz CT molecular complexity index is 513. The molecule has 1 aromatic rings. The molecule has 2 saturated heterocycles. The summed E-state index contributed by atoms with van der Waals surface area (Å²) in [7, 11) is 0. The second-order valence-electron chi connectivity index (χ2n) is 6.30. The van der Waals surface area contributed by atoms with Crippen molar-refractivity contribution in [1.82, 2.24) is 20.4 Å². The molecule has 0 aliphatic carbocycles. The Morgan fingerprint density at radius 2 is 2.27 bits per heavy atom. The first-order chi connectivity index (χ1) is 10.6. The summed E-state index contributed by atoms with van der Waals surface area (Å²) in [6.07, 6.45) is 4.52. The van der Waals surface area contributed by atoms with E-state index in [4.69, 9.17) is 4.74 Å². The second kappa shape index (κ2) is 6.91. The predicted molar refractivity (Wildman–Crippen MR) is 84.9 cm³/mol. The predicted octanol–water partition coefficient (Wildman–Crippen LogP) is 2.51. The number of hydrogen-bond donors (Lipinski definition) is 1. The monoisotopic (exact) mass is 324 g/mol. The van der Waals surface area contributed by atoms with Crippen molar-refractivity contribution in [2.24, 2.45) is 0 Å². The van der Waals surface area contributed by atoms with Crippen LogP contribution in [0.3, 0.4) is 0 Å². The van der Waals surface area contributed by atoms with Crippen LogP contribution in [0.4, 0.5) is 4.79 Å². The summed E-state index contributed by atoms with van der Waals surface area (Å²) in [5.41, 5.74) is 0. The Morgan fingerprint density at radius 1 is 1.41 bits per heavy atom. The quantitative estimate of drug-likeness (QED) is 0.924. The lowest BCUT2D eigenvalue weighted by atomic mass is 10.1. The summed E-state index contributed by atoms with van der Waals surface area (Å²) >= 11 is 1.57. The van der Waals surface area contributed by atoms with E-state index in [-0.39, 0.29) is 18.2 Å². The van der Waals surface area contributed by atoms with Gasteiger partial charge in [0.25, 0.3) is 0 Å². The van der Waals surface area contributed by atoms with Gasteiger partial charge in [-0.05, 0) is 25.7 Å². The van der Waals surface area contributed by atoms with E-state index < -0.39 is 0 Å². The maximum Gasteiger partial charge on any atom is 0.318 e. The van der Waals surface area contributed by atoms with Gasteiger partial charge in [0.2, 0.25) is 0 Å². The normalized spacial score (nSPS) is 25.1. The van der Waals surface area contributed by atoms with Crippen LogP contribution in [0.15, 0.2) is 0 Å². The van der Waals surface area contributed by atoms with Crippen molar-refractivity contribution in [3.05, 3.63) is 10.0 Å². The lowest BCUT2D eigenvalue weighted by Gasteiger charge is -2.28. The maximum atomic E-state index is 12.4. The molecule has 2 atom stereocenters. The van der Waals surface area contributed by atoms with Gasteiger partial charge in [0.15, 0.2) is 0 Å². The number of hydrogen-bond acceptors (Lipinski definition) is 5. The number of urea groups is 1. The third kappa shape index (κ3) is 3.41. The highest BCUT2D eigenvalue weighted by Gasteiger charge is 2.36. The van der Waals surface area contributed by atoms with Gasteiger partial charge in [-0.2, -0.15) is 0 Å². The maximum absolute atomic E-state index is 12.4. The zero-order chi connectivity index (χ0) is 15.5. The van der Waals surface area contributed by atoms with Gasteiger partial charge in [-0.25, -0.2) is 4.79 Å². The number of likely N-dealkylation sites (tertiary alicyclic amines) is 1. The number of aromatic nitrogens is 2. The van der Waals surface area contributed by atoms with Crippen molar-refractivity contribution in [3.63, 3.8) is 0 Å². The van der Waals surface area contributed by atoms with E-state index in [1.54, 1.807) is 11.3 Å². The first-order valence-electron chi connectivity index (χ1n) is 8.13. The Labute approximate surface area is 135 Å². The lowest BCUT2D eigenvalue weighted by molar-refractivity contribution is 0.0520. The van der Waals surface area contributed by atoms with Gasteiger partial charge in [0, 0.05) is 19.1 Å². The summed E-state index contributed by atoms with van der Waals surface area (Å²) < 4.78 is 5.77. The first-order valence-corrected chi connectivity index (χ1v) is 8.95. The molecule has 0 spiro atoms. The molecule has 6 nitrogen and oxygen atoms in total. The van der Waals surface area contributed by atoms with Crippen molar-refractivity contribution in [3.8, 4) is 0 Å². The summed E-state index contributed by atoms with van der Waals surface area (Å²) in [5.74, 6) is 0.379. The lowest BCUT2D eigenvalue weighted by Crippen LogP contribution is -2.47. The summed E-state index contributed by atoms with van der Waals surface area (Å²) in [5, 5.41) is 13.2. The van der Waals surface area contributed by atoms with E-state index in [2.05, 4.69) is 29.4 Å². The fourth-order valence-electron chi connectivity index (χ4n) is 3.16. The highest BCUT2D eigenvalue weighted by atomic mass is 32.1. The Hall–Kier alpha value is -1.21. The summed E-state index contributed by atoms with van der Waals surface area (Å²) in [6.45, 7) is 6.31. The number of rotatable bonds is 4. The number of nitrogens with one attached hydrogen (secondary N) is 1. The molecular formula is C15H24N4O2S. The molecule has 3 rings (SSSR count). The number of carbonyl (C=O) groups excluding carboxylic acids is 1. The molecule has 0 radical (unpaired) electrons. The molecule has 3 heterocycles. The van der Waals surface area contributed by atoms with E-state index in [1.807, 2.05) is 4.90 Å². The van der Waals surface area contributed by atoms with E-state index in [0.717, 1.165) is 48.9 Å². The van der Waals surface area contributed by atoms with Gasteiger partial charge in [-0.15, -0.1) is 10.2 Å². The van der Waals surface area contributed by atoms with E-state index in [9.17, 15) is 4.79 Å². The van der Waals surface area contributed by atoms with Crippen LogP contribution in [0.1, 0.15) is 55.5 Å². The molecule has 2 aliphatic rings. The average Bonchev–Trinajstić information content (AvgIpc) is 3.23. The van der Waals surface area contributed by atoms with Crippen LogP contribution in [0.2, 0.25) is 0 Å². The van der Waals surface area contributed by atoms with Crippen LogP contribution in [0, 0.1) is 0 Å². The van der Waals surface area contributed by atoms with Crippen molar-refractivity contribution in [1.29, 1.82) is 0 Å². The van der Waals surface area contributed by atoms with Crippen LogP contribution < -0.4 is 5.32 Å². The highest BCUT2D eigenvalue weighted by Crippen LogP contribution is 2.28. The molecular weight excluding hydrogens is 300 g/mol. The largest absolute Gasteiger partial charge is 0.376 e. The molecule has 2 amide bonds. The van der Waals surface area contributed by atoms with E-state index >= 15 is 0 Å². The number of amides is 2. The zero-order valence-corrected chi connectivity index (χ0v) is 14.1. The molecule has 122 valence electrons. The molecule has 0 saturated carbocycles. The molecule has 0 unspecified atom stereocenters. The van der Waals surface area contributed by atoms with Crippen LogP contribution in [0.25, 0.3) is 0 Å². The zero-order valence-electron chi connectivity index (χ0n) is 13.2. The molecule has 1 N–H and O–H groups in total. The third-order valence-electron chi connectivity index (χ3n) is 4.32. The highest BCUT2D eigenvalue weighted by molar-refractivity contribution is 7.11. The van der Waals surface area contributed by atoms with Crippen molar-refractivity contribution in [2.45, 2.75) is 64.1 Å². The van der Waals surface area contributed by atoms with Gasteiger partial charge in [-0.1, -0.05) is 25.2 Å². The molecule has 0 aromatic carbocycles. The standard InChI is InChI=1S/C15H24N4O2S/c1-10(2)14-18-17-13(22-14)9-16-15(20)19-7-3-5-11(19)12-6-4-8-21-12/h10-12H,3-9H2,1-2H3,(H,16,20)/t11-,12-/m0/s1. The Balaban J connectivity index is 1.54. The molecule has 7 heteroatoms. The minimum absolute atomic E-state index is 0.000651. The van der Waals surface area contributed by atoms with Crippen LogP contribution in [-0.4, -0.2) is 46.4 Å². The van der Waals surface area contributed by atoms with Gasteiger partial charge < -0.3 is 15.0 Å². The Morgan fingerprint density at radius 3 is 2.95 bits per heavy atom. The minimum Gasteiger partial charge on any atom is -0.376 e. The first kappa shape index (κ1) is 15.7. The van der Waals surface area contributed by atoms with E-state index in [1.165, 1.54) is 0 Å². The topological polar surface area (TPSA) is 67.4 Å². The van der Waals surface area contributed by atoms with Crippen LogP contribution in [-0.2, 0) is 11.3 Å². The van der Waals surface area contributed by atoms with Gasteiger partial charge in [0.05, 0.1) is 18.7 Å². The molecule has 22 heavy (non-hydrogen) atoms. The molecule has 1 aromatic heterocycles.